The third-order valence-electron chi connectivity index (χ3n) is 3.59. The van der Waals surface area contributed by atoms with E-state index in [2.05, 4.69) is 42.0 Å². The second-order valence-corrected chi connectivity index (χ2v) is 7.56. The molecule has 1 amide bonds. The Morgan fingerprint density at radius 3 is 2.33 bits per heavy atom. The normalized spacial score (nSPS) is 12.6. The Morgan fingerprint density at radius 2 is 1.79 bits per heavy atom. The molecule has 0 fully saturated rings. The first-order valence-corrected chi connectivity index (χ1v) is 8.49. The van der Waals surface area contributed by atoms with Gasteiger partial charge >= 0.3 is 0 Å². The lowest BCUT2D eigenvalue weighted by Crippen LogP contribution is -2.30. The lowest BCUT2D eigenvalue weighted by atomic mass is 9.87. The number of rotatable bonds is 4. The van der Waals surface area contributed by atoms with Crippen molar-refractivity contribution in [3.05, 3.63) is 58.3 Å². The van der Waals surface area contributed by atoms with Crippen molar-refractivity contribution in [2.45, 2.75) is 39.2 Å². The number of amides is 1. The van der Waals surface area contributed by atoms with Gasteiger partial charge in [-0.15, -0.1) is 0 Å². The Morgan fingerprint density at radius 1 is 1.17 bits per heavy atom. The van der Waals surface area contributed by atoms with Gasteiger partial charge in [0.2, 0.25) is 0 Å². The molecular formula is C19H21BrFNO2. The van der Waals surface area contributed by atoms with Crippen molar-refractivity contribution in [3.8, 4) is 5.75 Å². The second-order valence-electron chi connectivity index (χ2n) is 6.65. The monoisotopic (exact) mass is 393 g/mol. The van der Waals surface area contributed by atoms with Crippen LogP contribution < -0.4 is 10.1 Å². The van der Waals surface area contributed by atoms with Gasteiger partial charge in [0.05, 0.1) is 5.69 Å². The molecule has 0 aromatic heterocycles. The van der Waals surface area contributed by atoms with Crippen molar-refractivity contribution in [2.24, 2.45) is 0 Å². The van der Waals surface area contributed by atoms with Crippen molar-refractivity contribution in [2.75, 3.05) is 5.32 Å². The van der Waals surface area contributed by atoms with Crippen molar-refractivity contribution in [3.63, 3.8) is 0 Å². The third-order valence-corrected chi connectivity index (χ3v) is 4.08. The highest BCUT2D eigenvalue weighted by molar-refractivity contribution is 9.10. The van der Waals surface area contributed by atoms with Gasteiger partial charge in [-0.05, 0) is 48.2 Å². The van der Waals surface area contributed by atoms with Crippen LogP contribution in [0.25, 0.3) is 0 Å². The second kappa shape index (κ2) is 7.34. The van der Waals surface area contributed by atoms with Gasteiger partial charge in [-0.1, -0.05) is 48.8 Å². The van der Waals surface area contributed by atoms with Gasteiger partial charge in [-0.2, -0.15) is 0 Å². The molecule has 128 valence electrons. The minimum atomic E-state index is -0.742. The standard InChI is InChI=1S/C19H21BrFNO2/c1-12(18(23)22-17-10-7-14(20)11-16(17)21)24-15-8-5-13(6-9-15)19(2,3)4/h5-12H,1-4H3,(H,22,23)/t12-/m1/s1. The molecule has 0 saturated carbocycles. The van der Waals surface area contributed by atoms with Gasteiger partial charge in [-0.3, -0.25) is 4.79 Å². The summed E-state index contributed by atoms with van der Waals surface area (Å²) in [7, 11) is 0. The van der Waals surface area contributed by atoms with E-state index in [0.29, 0.717) is 10.2 Å². The highest BCUT2D eigenvalue weighted by atomic mass is 79.9. The molecule has 0 aliphatic rings. The molecule has 0 spiro atoms. The number of nitrogens with one attached hydrogen (secondary N) is 1. The van der Waals surface area contributed by atoms with Crippen LogP contribution in [0.5, 0.6) is 5.75 Å². The summed E-state index contributed by atoms with van der Waals surface area (Å²) in [6, 6.07) is 12.1. The summed E-state index contributed by atoms with van der Waals surface area (Å²) in [4.78, 5) is 12.2. The predicted molar refractivity (Wildman–Crippen MR) is 98.0 cm³/mol. The van der Waals surface area contributed by atoms with Crippen LogP contribution in [0.15, 0.2) is 46.9 Å². The first kappa shape index (κ1) is 18.5. The SMILES string of the molecule is C[C@@H](Oc1ccc(C(C)(C)C)cc1)C(=O)Nc1ccc(Br)cc1F. The molecule has 0 heterocycles. The highest BCUT2D eigenvalue weighted by Crippen LogP contribution is 2.25. The zero-order valence-corrected chi connectivity index (χ0v) is 15.8. The zero-order valence-electron chi connectivity index (χ0n) is 14.2. The maximum absolute atomic E-state index is 13.8. The van der Waals surface area contributed by atoms with Crippen molar-refractivity contribution in [1.82, 2.24) is 0 Å². The summed E-state index contributed by atoms with van der Waals surface area (Å²) in [5.41, 5.74) is 1.37. The molecule has 0 aliphatic carbocycles. The molecule has 3 nitrogen and oxygen atoms in total. The average molecular weight is 394 g/mol. The van der Waals surface area contributed by atoms with Crippen LogP contribution in [0.2, 0.25) is 0 Å². The Kier molecular flexibility index (Phi) is 5.65. The molecule has 2 rings (SSSR count). The number of halogens is 2. The summed E-state index contributed by atoms with van der Waals surface area (Å²) in [5, 5.41) is 2.53. The number of hydrogen-bond acceptors (Lipinski definition) is 2. The molecule has 0 aliphatic heterocycles. The molecule has 1 atom stereocenters. The third kappa shape index (κ3) is 4.81. The molecule has 24 heavy (non-hydrogen) atoms. The van der Waals surface area contributed by atoms with Gasteiger partial charge in [0.25, 0.3) is 5.91 Å². The fourth-order valence-corrected chi connectivity index (χ4v) is 2.45. The molecule has 1 N–H and O–H groups in total. The van der Waals surface area contributed by atoms with Crippen molar-refractivity contribution < 1.29 is 13.9 Å². The summed E-state index contributed by atoms with van der Waals surface area (Å²) in [6.45, 7) is 8.02. The van der Waals surface area contributed by atoms with Crippen LogP contribution in [0.4, 0.5) is 10.1 Å². The quantitative estimate of drug-likeness (QED) is 0.765. The van der Waals surface area contributed by atoms with Crippen LogP contribution in [-0.2, 0) is 10.2 Å². The molecule has 0 saturated heterocycles. The summed E-state index contributed by atoms with van der Waals surface area (Å²) >= 11 is 3.18. The van der Waals surface area contributed by atoms with Gasteiger partial charge in [-0.25, -0.2) is 4.39 Å². The Bertz CT molecular complexity index is 723. The van der Waals surface area contributed by atoms with E-state index in [4.69, 9.17) is 4.74 Å². The number of carbonyl (C=O) groups is 1. The number of hydrogen-bond donors (Lipinski definition) is 1. The van der Waals surface area contributed by atoms with Gasteiger partial charge < -0.3 is 10.1 Å². The lowest BCUT2D eigenvalue weighted by Gasteiger charge is -2.20. The minimum Gasteiger partial charge on any atom is -0.481 e. The fourth-order valence-electron chi connectivity index (χ4n) is 2.12. The maximum atomic E-state index is 13.8. The Labute approximate surface area is 150 Å². The van der Waals surface area contributed by atoms with E-state index >= 15 is 0 Å². The van der Waals surface area contributed by atoms with E-state index < -0.39 is 17.8 Å². The Hall–Kier alpha value is -1.88. The number of benzene rings is 2. The van der Waals surface area contributed by atoms with E-state index in [1.807, 2.05) is 24.3 Å². The minimum absolute atomic E-state index is 0.0562. The lowest BCUT2D eigenvalue weighted by molar-refractivity contribution is -0.122. The molecule has 0 bridgehead atoms. The molecule has 0 radical (unpaired) electrons. The van der Waals surface area contributed by atoms with Crippen LogP contribution in [0.3, 0.4) is 0 Å². The van der Waals surface area contributed by atoms with Gasteiger partial charge in [0.1, 0.15) is 11.6 Å². The van der Waals surface area contributed by atoms with E-state index in [9.17, 15) is 9.18 Å². The van der Waals surface area contributed by atoms with E-state index in [1.165, 1.54) is 17.7 Å². The summed E-state index contributed by atoms with van der Waals surface area (Å²) < 4.78 is 20.0. The molecule has 2 aromatic rings. The topological polar surface area (TPSA) is 38.3 Å². The first-order valence-electron chi connectivity index (χ1n) is 7.70. The smallest absolute Gasteiger partial charge is 0.265 e. The van der Waals surface area contributed by atoms with Crippen LogP contribution in [0.1, 0.15) is 33.3 Å². The average Bonchev–Trinajstić information content (AvgIpc) is 2.49. The van der Waals surface area contributed by atoms with Crippen molar-refractivity contribution in [1.29, 1.82) is 0 Å². The highest BCUT2D eigenvalue weighted by Gasteiger charge is 2.18. The Balaban J connectivity index is 2.01. The fraction of sp³-hybridized carbons (Fsp3) is 0.316. The predicted octanol–water partition coefficient (Wildman–Crippen LogP) is 5.29. The first-order chi connectivity index (χ1) is 11.2. The number of carbonyl (C=O) groups excluding carboxylic acids is 1. The van der Waals surface area contributed by atoms with Crippen molar-refractivity contribution >= 4 is 27.5 Å². The van der Waals surface area contributed by atoms with Gasteiger partial charge in [0.15, 0.2) is 6.10 Å². The molecule has 5 heteroatoms. The zero-order chi connectivity index (χ0) is 17.9. The number of anilines is 1. The van der Waals surface area contributed by atoms with E-state index in [0.717, 1.165) is 0 Å². The molecular weight excluding hydrogens is 373 g/mol. The van der Waals surface area contributed by atoms with Crippen LogP contribution in [-0.4, -0.2) is 12.0 Å². The van der Waals surface area contributed by atoms with Gasteiger partial charge in [0, 0.05) is 4.47 Å². The number of ether oxygens (including phenoxy) is 1. The summed E-state index contributed by atoms with van der Waals surface area (Å²) in [6.07, 6.45) is -0.742. The van der Waals surface area contributed by atoms with E-state index in [-0.39, 0.29) is 11.1 Å². The maximum Gasteiger partial charge on any atom is 0.265 e. The van der Waals surface area contributed by atoms with E-state index in [1.54, 1.807) is 13.0 Å². The summed E-state index contributed by atoms with van der Waals surface area (Å²) in [5.74, 6) is -0.308. The van der Waals surface area contributed by atoms with Crippen LogP contribution in [0, 0.1) is 5.82 Å². The molecule has 2 aromatic carbocycles. The van der Waals surface area contributed by atoms with Crippen LogP contribution >= 0.6 is 15.9 Å². The molecule has 0 unspecified atom stereocenters. The largest absolute Gasteiger partial charge is 0.481 e.